The zero-order valence-electron chi connectivity index (χ0n) is 17.6. The van der Waals surface area contributed by atoms with Gasteiger partial charge in [-0.25, -0.2) is 4.68 Å². The third-order valence-electron chi connectivity index (χ3n) is 6.57. The van der Waals surface area contributed by atoms with Gasteiger partial charge in [0.1, 0.15) is 6.04 Å². The molecule has 162 valence electrons. The largest absolute Gasteiger partial charge is 0.322 e. The standard InChI is InChI=1S/C22H26N6O3/c1-14-6-8-26(9-7-14)12-16-13-28(25-24-16)17-2-3-18-15(10-17)11-27(22(18)31)19-4-5-20(29)23-21(19)30/h2-3,10,13-14,19H,4-9,11-12H2,1H3,(H,23,29,30). The topological polar surface area (TPSA) is 100 Å². The molecule has 3 aliphatic heterocycles. The highest BCUT2D eigenvalue weighted by Gasteiger charge is 2.39. The molecule has 1 aromatic carbocycles. The second-order valence-corrected chi connectivity index (χ2v) is 8.85. The molecule has 1 unspecified atom stereocenters. The Morgan fingerprint density at radius 2 is 1.94 bits per heavy atom. The summed E-state index contributed by atoms with van der Waals surface area (Å²) in [6, 6.07) is 4.96. The molecule has 0 spiro atoms. The molecule has 31 heavy (non-hydrogen) atoms. The van der Waals surface area contributed by atoms with Crippen LogP contribution in [0.5, 0.6) is 0 Å². The number of benzene rings is 1. The van der Waals surface area contributed by atoms with E-state index >= 15 is 0 Å². The second kappa shape index (κ2) is 7.88. The van der Waals surface area contributed by atoms with Crippen LogP contribution in [-0.2, 0) is 22.7 Å². The highest BCUT2D eigenvalue weighted by atomic mass is 16.2. The second-order valence-electron chi connectivity index (χ2n) is 8.85. The molecule has 3 aliphatic rings. The Bertz CT molecular complexity index is 1040. The molecule has 0 saturated carbocycles. The van der Waals surface area contributed by atoms with E-state index in [1.807, 2.05) is 18.3 Å². The summed E-state index contributed by atoms with van der Waals surface area (Å²) >= 11 is 0. The van der Waals surface area contributed by atoms with Crippen LogP contribution in [0.1, 0.15) is 54.2 Å². The average Bonchev–Trinajstić information content (AvgIpc) is 3.34. The molecule has 9 nitrogen and oxygen atoms in total. The molecule has 1 aromatic heterocycles. The zero-order chi connectivity index (χ0) is 21.5. The monoisotopic (exact) mass is 422 g/mol. The minimum atomic E-state index is -0.605. The van der Waals surface area contributed by atoms with Gasteiger partial charge in [-0.05, 0) is 62.0 Å². The predicted octanol–water partition coefficient (Wildman–Crippen LogP) is 1.26. The van der Waals surface area contributed by atoms with Crippen molar-refractivity contribution < 1.29 is 14.4 Å². The molecule has 1 atom stereocenters. The highest BCUT2D eigenvalue weighted by Crippen LogP contribution is 2.29. The minimum absolute atomic E-state index is 0.172. The normalized spacial score (nSPS) is 22.7. The van der Waals surface area contributed by atoms with Gasteiger partial charge < -0.3 is 4.90 Å². The van der Waals surface area contributed by atoms with Crippen LogP contribution in [0.25, 0.3) is 5.69 Å². The third-order valence-corrected chi connectivity index (χ3v) is 6.57. The first kappa shape index (κ1) is 19.9. The van der Waals surface area contributed by atoms with Crippen LogP contribution >= 0.6 is 0 Å². The fourth-order valence-corrected chi connectivity index (χ4v) is 4.65. The summed E-state index contributed by atoms with van der Waals surface area (Å²) in [6.45, 7) is 5.62. The van der Waals surface area contributed by atoms with E-state index in [4.69, 9.17) is 0 Å². The van der Waals surface area contributed by atoms with Gasteiger partial charge in [0, 0.05) is 25.1 Å². The van der Waals surface area contributed by atoms with Crippen molar-refractivity contribution >= 4 is 17.7 Å². The number of nitrogens with zero attached hydrogens (tertiary/aromatic N) is 5. The fourth-order valence-electron chi connectivity index (χ4n) is 4.65. The lowest BCUT2D eigenvalue weighted by Gasteiger charge is -2.29. The average molecular weight is 422 g/mol. The first-order valence-electron chi connectivity index (χ1n) is 10.9. The fraction of sp³-hybridized carbons (Fsp3) is 0.500. The van der Waals surface area contributed by atoms with Crippen LogP contribution in [0.4, 0.5) is 0 Å². The Hall–Kier alpha value is -3.07. The van der Waals surface area contributed by atoms with Crippen LogP contribution in [-0.4, -0.2) is 61.6 Å². The number of carbonyl (C=O) groups is 3. The molecule has 2 saturated heterocycles. The molecule has 2 fully saturated rings. The Morgan fingerprint density at radius 1 is 1.13 bits per heavy atom. The van der Waals surface area contributed by atoms with E-state index in [-0.39, 0.29) is 18.2 Å². The SMILES string of the molecule is CC1CCN(Cc2cn(-c3ccc4c(c3)CN(C3CCC(=O)NC3=O)C4=O)nn2)CC1. The van der Waals surface area contributed by atoms with Crippen molar-refractivity contribution in [2.24, 2.45) is 5.92 Å². The number of imide groups is 1. The molecule has 0 aliphatic carbocycles. The molecular weight excluding hydrogens is 396 g/mol. The summed E-state index contributed by atoms with van der Waals surface area (Å²) in [4.78, 5) is 40.4. The maximum Gasteiger partial charge on any atom is 0.255 e. The quantitative estimate of drug-likeness (QED) is 0.745. The van der Waals surface area contributed by atoms with Crippen LogP contribution in [0.15, 0.2) is 24.4 Å². The van der Waals surface area contributed by atoms with Gasteiger partial charge in [-0.15, -0.1) is 5.10 Å². The first-order valence-corrected chi connectivity index (χ1v) is 10.9. The van der Waals surface area contributed by atoms with Gasteiger partial charge in [-0.1, -0.05) is 12.1 Å². The number of rotatable bonds is 4. The molecule has 0 radical (unpaired) electrons. The highest BCUT2D eigenvalue weighted by molar-refractivity contribution is 6.05. The Morgan fingerprint density at radius 3 is 2.71 bits per heavy atom. The van der Waals surface area contributed by atoms with Crippen molar-refractivity contribution in [2.75, 3.05) is 13.1 Å². The van der Waals surface area contributed by atoms with Crippen molar-refractivity contribution in [1.29, 1.82) is 0 Å². The van der Waals surface area contributed by atoms with E-state index in [1.54, 1.807) is 15.6 Å². The summed E-state index contributed by atoms with van der Waals surface area (Å²) in [7, 11) is 0. The van der Waals surface area contributed by atoms with E-state index in [1.165, 1.54) is 12.8 Å². The van der Waals surface area contributed by atoms with Crippen molar-refractivity contribution in [3.05, 3.63) is 41.2 Å². The summed E-state index contributed by atoms with van der Waals surface area (Å²) < 4.78 is 1.74. The van der Waals surface area contributed by atoms with E-state index < -0.39 is 11.9 Å². The number of nitrogens with one attached hydrogen (secondary N) is 1. The van der Waals surface area contributed by atoms with Crippen LogP contribution in [0.2, 0.25) is 0 Å². The number of aromatic nitrogens is 3. The first-order chi connectivity index (χ1) is 15.0. The number of piperidine rings is 2. The molecule has 3 amide bonds. The summed E-state index contributed by atoms with van der Waals surface area (Å²) in [5.41, 5.74) is 3.21. The van der Waals surface area contributed by atoms with Crippen LogP contribution in [0, 0.1) is 5.92 Å². The molecule has 4 heterocycles. The smallest absolute Gasteiger partial charge is 0.255 e. The number of fused-ring (bicyclic) bond motifs is 1. The van der Waals surface area contributed by atoms with E-state index in [9.17, 15) is 14.4 Å². The minimum Gasteiger partial charge on any atom is -0.322 e. The van der Waals surface area contributed by atoms with Gasteiger partial charge in [-0.3, -0.25) is 24.6 Å². The maximum atomic E-state index is 12.8. The van der Waals surface area contributed by atoms with Crippen LogP contribution in [0.3, 0.4) is 0 Å². The molecular formula is C22H26N6O3. The number of hydrogen-bond acceptors (Lipinski definition) is 6. The summed E-state index contributed by atoms with van der Waals surface area (Å²) in [6.07, 6.45) is 4.99. The maximum absolute atomic E-state index is 12.8. The van der Waals surface area contributed by atoms with Crippen molar-refractivity contribution in [3.63, 3.8) is 0 Å². The number of hydrogen-bond donors (Lipinski definition) is 1. The molecule has 5 rings (SSSR count). The number of carbonyl (C=O) groups excluding carboxylic acids is 3. The van der Waals surface area contributed by atoms with Crippen molar-refractivity contribution in [3.8, 4) is 5.69 Å². The van der Waals surface area contributed by atoms with Gasteiger partial charge in [0.2, 0.25) is 11.8 Å². The molecule has 1 N–H and O–H groups in total. The summed E-state index contributed by atoms with van der Waals surface area (Å²) in [5, 5.41) is 10.9. The number of likely N-dealkylation sites (tertiary alicyclic amines) is 1. The lowest BCUT2D eigenvalue weighted by Crippen LogP contribution is -2.52. The number of amides is 3. The lowest BCUT2D eigenvalue weighted by molar-refractivity contribution is -0.136. The third kappa shape index (κ3) is 3.85. The van der Waals surface area contributed by atoms with E-state index in [0.29, 0.717) is 18.5 Å². The van der Waals surface area contributed by atoms with Crippen molar-refractivity contribution in [2.45, 2.75) is 51.7 Å². The van der Waals surface area contributed by atoms with Crippen molar-refractivity contribution in [1.82, 2.24) is 30.1 Å². The predicted molar refractivity (Wildman–Crippen MR) is 111 cm³/mol. The van der Waals surface area contributed by atoms with Gasteiger partial charge in [0.15, 0.2) is 0 Å². The summed E-state index contributed by atoms with van der Waals surface area (Å²) in [5.74, 6) is -0.0603. The molecule has 0 bridgehead atoms. The van der Waals surface area contributed by atoms with E-state index in [2.05, 4.69) is 27.5 Å². The molecule has 2 aromatic rings. The Kier molecular flexibility index (Phi) is 5.05. The van der Waals surface area contributed by atoms with Gasteiger partial charge in [0.25, 0.3) is 5.91 Å². The zero-order valence-corrected chi connectivity index (χ0v) is 17.6. The van der Waals surface area contributed by atoms with Gasteiger partial charge in [0.05, 0.1) is 17.6 Å². The Balaban J connectivity index is 1.30. The van der Waals surface area contributed by atoms with E-state index in [0.717, 1.165) is 42.5 Å². The van der Waals surface area contributed by atoms with Crippen LogP contribution < -0.4 is 5.32 Å². The molecule has 9 heteroatoms. The lowest BCUT2D eigenvalue weighted by atomic mass is 9.99. The Labute approximate surface area is 180 Å². The van der Waals surface area contributed by atoms with Gasteiger partial charge in [-0.2, -0.15) is 0 Å². The van der Waals surface area contributed by atoms with Gasteiger partial charge >= 0.3 is 0 Å².